The first-order chi connectivity index (χ1) is 48.3. The number of aromatic nitrogens is 8. The van der Waals surface area contributed by atoms with Crippen LogP contribution >= 0.6 is 27.5 Å². The number of nitrogens with zero attached hydrogens (tertiary/aromatic N) is 11. The summed E-state index contributed by atoms with van der Waals surface area (Å²) >= 11 is 8.71. The molecule has 25 nitrogen and oxygen atoms in total. The third-order valence-corrected chi connectivity index (χ3v) is 14.4. The van der Waals surface area contributed by atoms with Crippen molar-refractivity contribution in [1.82, 2.24) is 39.9 Å². The lowest BCUT2D eigenvalue weighted by Gasteiger charge is -2.15. The number of esters is 2. The van der Waals surface area contributed by atoms with E-state index in [4.69, 9.17) is 37.3 Å². The number of hydrogen-bond acceptors (Lipinski definition) is 22. The number of fused-ring (bicyclic) bond motifs is 1. The Morgan fingerprint density at radius 1 is 0.530 bits per heavy atom. The third kappa shape index (κ3) is 26.2. The van der Waals surface area contributed by atoms with Crippen LogP contribution in [-0.4, -0.2) is 81.8 Å². The number of nitrogens with two attached hydrogens (primary N) is 2. The molecule has 0 radical (unpaired) electrons. The van der Waals surface area contributed by atoms with Gasteiger partial charge >= 0.3 is 11.9 Å². The number of rotatable bonds is 16. The van der Waals surface area contributed by atoms with Crippen LogP contribution in [0.1, 0.15) is 87.2 Å². The molecule has 12 rings (SSSR count). The molecule has 0 fully saturated rings. The van der Waals surface area contributed by atoms with E-state index < -0.39 is 9.85 Å². The average Bonchev–Trinajstić information content (AvgIpc) is 1.64. The highest BCUT2D eigenvalue weighted by Crippen LogP contribution is 2.30. The second-order valence-electron chi connectivity index (χ2n) is 21.0. The van der Waals surface area contributed by atoms with Gasteiger partial charge in [0.05, 0.1) is 88.3 Å². The van der Waals surface area contributed by atoms with Gasteiger partial charge in [-0.25, -0.2) is 29.5 Å². The molecule has 0 bridgehead atoms. The van der Waals surface area contributed by atoms with E-state index in [-0.39, 0.29) is 41.0 Å². The van der Waals surface area contributed by atoms with Crippen molar-refractivity contribution in [1.29, 1.82) is 0 Å². The number of aryl methyl sites for hydroxylation is 4. The summed E-state index contributed by atoms with van der Waals surface area (Å²) in [5.74, 6) is 0.853. The number of amides is 1. The van der Waals surface area contributed by atoms with Crippen molar-refractivity contribution in [2.45, 2.75) is 65.9 Å². The van der Waals surface area contributed by atoms with E-state index in [9.17, 15) is 34.6 Å². The number of anilines is 2. The van der Waals surface area contributed by atoms with E-state index in [1.54, 1.807) is 72.4 Å². The molecule has 8 aromatic heterocycles. The van der Waals surface area contributed by atoms with Crippen LogP contribution in [0, 0.1) is 47.9 Å². The Labute approximate surface area is 590 Å². The molecule has 0 spiro atoms. The number of pyridine rings is 8. The maximum atomic E-state index is 12.6. The number of hydrogen-bond donors (Lipinski definition) is 2. The van der Waals surface area contributed by atoms with E-state index in [2.05, 4.69) is 71.3 Å². The summed E-state index contributed by atoms with van der Waals surface area (Å²) in [4.78, 5) is 88.2. The van der Waals surface area contributed by atoms with Crippen LogP contribution < -0.4 is 30.6 Å². The molecule has 11 aromatic rings. The Bertz CT molecular complexity index is 4360. The van der Waals surface area contributed by atoms with Crippen LogP contribution in [0.15, 0.2) is 225 Å². The molecule has 3 aromatic carbocycles. The smallest absolute Gasteiger partial charge is 0.338 e. The Balaban J connectivity index is 0.000000189. The fraction of sp³-hybridized carbons (Fsp3) is 0.164. The molecule has 9 heterocycles. The minimum atomic E-state index is -0.524. The van der Waals surface area contributed by atoms with Crippen LogP contribution in [0.25, 0.3) is 0 Å². The van der Waals surface area contributed by atoms with Crippen LogP contribution in [0.2, 0.25) is 5.15 Å². The van der Waals surface area contributed by atoms with Crippen LogP contribution in [0.4, 0.5) is 22.7 Å². The van der Waals surface area contributed by atoms with Gasteiger partial charge in [0.25, 0.3) is 17.3 Å². The van der Waals surface area contributed by atoms with Gasteiger partial charge in [-0.3, -0.25) is 45.0 Å². The molecule has 100 heavy (non-hydrogen) atoms. The van der Waals surface area contributed by atoms with Crippen molar-refractivity contribution < 1.29 is 47.9 Å². The van der Waals surface area contributed by atoms with Crippen molar-refractivity contribution in [3.05, 3.63) is 324 Å². The summed E-state index contributed by atoms with van der Waals surface area (Å²) in [5, 5.41) is 21.4. The largest absolute Gasteiger partial charge is 0.471 e. The highest BCUT2D eigenvalue weighted by molar-refractivity contribution is 9.08. The number of nitro groups is 2. The molecule has 1 aliphatic rings. The summed E-state index contributed by atoms with van der Waals surface area (Å²) in [5.41, 5.74) is 24.0. The minimum Gasteiger partial charge on any atom is -0.471 e. The lowest BCUT2D eigenvalue weighted by atomic mass is 10.1. The molecule has 27 heteroatoms. The van der Waals surface area contributed by atoms with Gasteiger partial charge < -0.3 is 40.1 Å². The number of methoxy groups -OCH3 is 2. The summed E-state index contributed by atoms with van der Waals surface area (Å²) < 4.78 is 25.7. The van der Waals surface area contributed by atoms with Gasteiger partial charge in [-0.15, -0.1) is 0 Å². The predicted octanol–water partition coefficient (Wildman–Crippen LogP) is 14.1. The van der Waals surface area contributed by atoms with Crippen molar-refractivity contribution in [2.24, 2.45) is 5.73 Å². The van der Waals surface area contributed by atoms with Crippen molar-refractivity contribution in [3.63, 3.8) is 0 Å². The Morgan fingerprint density at radius 2 is 0.980 bits per heavy atom. The maximum Gasteiger partial charge on any atom is 0.338 e. The zero-order valence-electron chi connectivity index (χ0n) is 55.3. The highest BCUT2D eigenvalue weighted by atomic mass is 79.9. The van der Waals surface area contributed by atoms with Crippen LogP contribution in [-0.2, 0) is 47.7 Å². The summed E-state index contributed by atoms with van der Waals surface area (Å²) in [6, 6.07) is 52.4. The Hall–Kier alpha value is -12.0. The number of carbonyl (C=O) groups is 3. The van der Waals surface area contributed by atoms with Gasteiger partial charge in [-0.05, 0) is 129 Å². The van der Waals surface area contributed by atoms with Gasteiger partial charge in [-0.1, -0.05) is 105 Å². The van der Waals surface area contributed by atoms with E-state index >= 15 is 0 Å². The lowest BCUT2D eigenvalue weighted by Crippen LogP contribution is -2.23. The standard InChI is InChI=1S/C20H17N3O2.C11H9N3O3.C11H11N3O.C10H11BrO2.C10H12O2.C6H8N2.C5H3ClN2O2/c1-14-5-7-18-15(10-14)12-23(20(18)24)17-6-8-19(22-11-17)25-13-16-4-2-3-9-21-16;15-14(16)10-4-5-11(13-7-10)17-8-9-3-1-2-6-12-9;12-9-4-5-11(14-7-9)15-8-10-3-1-2-6-13-10;1-7-3-4-9(10(12)13-2)8(5-7)6-11;1-7-4-5-9(8(2)6-7)10(11)12-3;7-5-6-3-1-2-4-8-6;6-5-2-1-4(3-7-5)8(9)10/h2-11H,12-13H2,1H3;1-7H,8H2;1-7H,8,12H2;3-5H,6H2,1-2H3;4-6H,1-3H3;1-4H,5,7H2;1-3H. The zero-order chi connectivity index (χ0) is 72.2. The van der Waals surface area contributed by atoms with Crippen molar-refractivity contribution in [3.8, 4) is 17.6 Å². The first kappa shape index (κ1) is 77.0. The van der Waals surface area contributed by atoms with E-state index in [0.717, 1.165) is 79.8 Å². The SMILES string of the molecule is COC(=O)c1ccc(C)cc1C.COC(=O)c1ccc(C)cc1CBr.Cc1ccc2c(c1)CN(c1ccc(OCc3ccccn3)nc1)C2=O.NCc1ccccn1.Nc1ccc(OCc2ccccn2)nc1.O=[N+]([O-])c1ccc(Cl)nc1.O=[N+]([O-])c1ccc(OCc2ccccn2)nc1. The fourth-order valence-corrected chi connectivity index (χ4v) is 9.08. The Kier molecular flexibility index (Phi) is 31.7. The quantitative estimate of drug-likeness (QED) is 0.0298. The van der Waals surface area contributed by atoms with Crippen LogP contribution in [0.3, 0.4) is 0 Å². The summed E-state index contributed by atoms with van der Waals surface area (Å²) in [7, 11) is 2.78. The second-order valence-corrected chi connectivity index (χ2v) is 21.9. The lowest BCUT2D eigenvalue weighted by molar-refractivity contribution is -0.385. The van der Waals surface area contributed by atoms with Gasteiger partial charge in [0, 0.05) is 72.6 Å². The molecule has 1 amide bonds. The molecule has 0 unspecified atom stereocenters. The highest BCUT2D eigenvalue weighted by Gasteiger charge is 2.28. The average molecular weight is 1440 g/mol. The van der Waals surface area contributed by atoms with Gasteiger partial charge in [0.2, 0.25) is 17.6 Å². The zero-order valence-corrected chi connectivity index (χ0v) is 57.7. The molecular weight excluding hydrogens is 1370 g/mol. The molecule has 0 saturated carbocycles. The number of alkyl halides is 1. The molecule has 1 aliphatic heterocycles. The molecule has 0 atom stereocenters. The van der Waals surface area contributed by atoms with Crippen molar-refractivity contribution in [2.75, 3.05) is 24.9 Å². The molecule has 0 saturated heterocycles. The first-order valence-corrected chi connectivity index (χ1v) is 31.8. The minimum absolute atomic E-state index is 0.0129. The fourth-order valence-electron chi connectivity index (χ4n) is 8.50. The third-order valence-electron chi connectivity index (χ3n) is 13.5. The molecule has 0 aliphatic carbocycles. The van der Waals surface area contributed by atoms with E-state index in [1.807, 2.05) is 143 Å². The number of halogens is 2. The van der Waals surface area contributed by atoms with E-state index in [1.165, 1.54) is 38.5 Å². The van der Waals surface area contributed by atoms with Gasteiger partial charge in [-0.2, -0.15) is 0 Å². The molecular formula is C73H71BrClN13O12. The number of nitrogen functional groups attached to an aromatic ring is 1. The predicted molar refractivity (Wildman–Crippen MR) is 382 cm³/mol. The number of ether oxygens (including phenoxy) is 5. The Morgan fingerprint density at radius 3 is 1.39 bits per heavy atom. The maximum absolute atomic E-state index is 12.6. The first-order valence-electron chi connectivity index (χ1n) is 30.3. The number of benzene rings is 3. The summed E-state index contributed by atoms with van der Waals surface area (Å²) in [6.45, 7) is 10.1. The van der Waals surface area contributed by atoms with Gasteiger partial charge in [0.1, 0.15) is 37.4 Å². The van der Waals surface area contributed by atoms with Crippen LogP contribution in [0.5, 0.6) is 17.6 Å². The normalized spacial score (nSPS) is 10.5. The molecule has 4 N–H and O–H groups in total. The summed E-state index contributed by atoms with van der Waals surface area (Å²) in [6.07, 6.45) is 12.4. The van der Waals surface area contributed by atoms with E-state index in [0.29, 0.717) is 66.1 Å². The van der Waals surface area contributed by atoms with Crippen molar-refractivity contribution >= 4 is 68.1 Å². The van der Waals surface area contributed by atoms with Gasteiger partial charge in [0.15, 0.2) is 0 Å². The molecule has 514 valence electrons. The monoisotopic (exact) mass is 1440 g/mol. The number of carbonyl (C=O) groups excluding carboxylic acids is 3. The topological polar surface area (TPSA) is 342 Å². The second kappa shape index (κ2) is 41.2.